The molecule has 3 rings (SSSR count). The van der Waals surface area contributed by atoms with E-state index in [1.165, 1.54) is 24.3 Å². The zero-order chi connectivity index (χ0) is 17.1. The molecule has 0 unspecified atom stereocenters. The highest BCUT2D eigenvalue weighted by Crippen LogP contribution is 2.19. The predicted molar refractivity (Wildman–Crippen MR) is 88.4 cm³/mol. The molecule has 1 aromatic heterocycles. The molecular weight excluding hydrogens is 311 g/mol. The Morgan fingerprint density at radius 2 is 1.71 bits per heavy atom. The normalized spacial score (nSPS) is 10.5. The molecule has 1 heterocycles. The first-order valence-corrected chi connectivity index (χ1v) is 7.21. The van der Waals surface area contributed by atoms with Gasteiger partial charge in [0, 0.05) is 31.0 Å². The molecule has 3 aromatic rings. The first kappa shape index (κ1) is 15.7. The van der Waals surface area contributed by atoms with Crippen molar-refractivity contribution >= 4 is 17.3 Å². The number of rotatable bonds is 4. The summed E-state index contributed by atoms with van der Waals surface area (Å²) >= 11 is 0. The van der Waals surface area contributed by atoms with E-state index < -0.39 is 5.91 Å². The zero-order valence-corrected chi connectivity index (χ0v) is 13.2. The van der Waals surface area contributed by atoms with Crippen molar-refractivity contribution in [1.29, 1.82) is 0 Å². The van der Waals surface area contributed by atoms with Gasteiger partial charge >= 0.3 is 11.8 Å². The number of hydrogen-bond acceptors (Lipinski definition) is 5. The maximum absolute atomic E-state index is 12.9. The van der Waals surface area contributed by atoms with E-state index in [0.717, 1.165) is 5.69 Å². The van der Waals surface area contributed by atoms with Crippen molar-refractivity contribution in [1.82, 2.24) is 10.2 Å². The number of aromatic nitrogens is 2. The summed E-state index contributed by atoms with van der Waals surface area (Å²) in [4.78, 5) is 14.1. The molecule has 0 bridgehead atoms. The van der Waals surface area contributed by atoms with Gasteiger partial charge in [0.1, 0.15) is 5.82 Å². The van der Waals surface area contributed by atoms with Gasteiger partial charge in [-0.2, -0.15) is 0 Å². The lowest BCUT2D eigenvalue weighted by molar-refractivity contribution is 0.0991. The molecule has 1 amide bonds. The molecule has 0 fully saturated rings. The molecule has 0 spiro atoms. The molecule has 0 saturated carbocycles. The highest BCUT2D eigenvalue weighted by atomic mass is 19.1. The Bertz CT molecular complexity index is 842. The quantitative estimate of drug-likeness (QED) is 0.797. The van der Waals surface area contributed by atoms with E-state index in [2.05, 4.69) is 15.5 Å². The van der Waals surface area contributed by atoms with Crippen molar-refractivity contribution in [2.24, 2.45) is 0 Å². The Labute approximate surface area is 137 Å². The van der Waals surface area contributed by atoms with Gasteiger partial charge in [-0.1, -0.05) is 0 Å². The Morgan fingerprint density at radius 1 is 1.04 bits per heavy atom. The number of carbonyl (C=O) groups excluding carboxylic acids is 1. The van der Waals surface area contributed by atoms with E-state index in [1.54, 1.807) is 12.1 Å². The Hall–Kier alpha value is -3.22. The van der Waals surface area contributed by atoms with Gasteiger partial charge in [-0.3, -0.25) is 4.79 Å². The molecule has 0 aliphatic carbocycles. The van der Waals surface area contributed by atoms with Crippen LogP contribution in [0.25, 0.3) is 11.5 Å². The summed E-state index contributed by atoms with van der Waals surface area (Å²) in [6.07, 6.45) is 0. The maximum Gasteiger partial charge on any atom is 0.313 e. The molecular formula is C17H15FN4O2. The van der Waals surface area contributed by atoms with Crippen molar-refractivity contribution < 1.29 is 13.6 Å². The summed E-state index contributed by atoms with van der Waals surface area (Å²) < 4.78 is 18.3. The lowest BCUT2D eigenvalue weighted by Crippen LogP contribution is -2.13. The third-order valence-electron chi connectivity index (χ3n) is 3.35. The number of benzene rings is 2. The van der Waals surface area contributed by atoms with Gasteiger partial charge in [-0.25, -0.2) is 4.39 Å². The van der Waals surface area contributed by atoms with Gasteiger partial charge in [0.05, 0.1) is 0 Å². The van der Waals surface area contributed by atoms with Crippen LogP contribution < -0.4 is 10.2 Å². The smallest absolute Gasteiger partial charge is 0.313 e. The first-order valence-electron chi connectivity index (χ1n) is 7.21. The first-order chi connectivity index (χ1) is 11.5. The number of carbonyl (C=O) groups is 1. The molecule has 2 aromatic carbocycles. The Morgan fingerprint density at radius 3 is 2.33 bits per heavy atom. The standard InChI is InChI=1S/C17H15FN4O2/c1-22(2)14-9-7-13(8-10-14)19-15(23)17-21-20-16(24-17)11-3-5-12(18)6-4-11/h3-10H,1-2H3,(H,19,23). The third-order valence-corrected chi connectivity index (χ3v) is 3.35. The van der Waals surface area contributed by atoms with Gasteiger partial charge in [0.25, 0.3) is 0 Å². The monoisotopic (exact) mass is 326 g/mol. The van der Waals surface area contributed by atoms with Crippen LogP contribution in [-0.2, 0) is 0 Å². The highest BCUT2D eigenvalue weighted by Gasteiger charge is 2.16. The molecule has 122 valence electrons. The SMILES string of the molecule is CN(C)c1ccc(NC(=O)c2nnc(-c3ccc(F)cc3)o2)cc1. The van der Waals surface area contributed by atoms with Crippen LogP contribution in [0.1, 0.15) is 10.7 Å². The van der Waals surface area contributed by atoms with Crippen molar-refractivity contribution in [3.8, 4) is 11.5 Å². The van der Waals surface area contributed by atoms with E-state index in [0.29, 0.717) is 11.3 Å². The Kier molecular flexibility index (Phi) is 4.24. The number of anilines is 2. The van der Waals surface area contributed by atoms with Crippen LogP contribution in [0.5, 0.6) is 0 Å². The fourth-order valence-electron chi connectivity index (χ4n) is 2.05. The van der Waals surface area contributed by atoms with Gasteiger partial charge in [-0.15, -0.1) is 10.2 Å². The zero-order valence-electron chi connectivity index (χ0n) is 13.2. The lowest BCUT2D eigenvalue weighted by Gasteiger charge is -2.12. The number of amides is 1. The highest BCUT2D eigenvalue weighted by molar-refractivity contribution is 6.01. The van der Waals surface area contributed by atoms with E-state index in [-0.39, 0.29) is 17.6 Å². The van der Waals surface area contributed by atoms with Crippen molar-refractivity contribution in [2.45, 2.75) is 0 Å². The topological polar surface area (TPSA) is 71.3 Å². The average molecular weight is 326 g/mol. The minimum Gasteiger partial charge on any atom is -0.412 e. The minimum absolute atomic E-state index is 0.156. The van der Waals surface area contributed by atoms with E-state index in [1.807, 2.05) is 31.1 Å². The number of nitrogens with one attached hydrogen (secondary N) is 1. The fourth-order valence-corrected chi connectivity index (χ4v) is 2.05. The molecule has 7 heteroatoms. The average Bonchev–Trinajstić information content (AvgIpc) is 3.06. The molecule has 1 N–H and O–H groups in total. The number of halogens is 1. The molecule has 0 aliphatic rings. The van der Waals surface area contributed by atoms with E-state index >= 15 is 0 Å². The maximum atomic E-state index is 12.9. The van der Waals surface area contributed by atoms with Crippen LogP contribution in [0.3, 0.4) is 0 Å². The largest absolute Gasteiger partial charge is 0.412 e. The van der Waals surface area contributed by atoms with Crippen LogP contribution in [0, 0.1) is 5.82 Å². The van der Waals surface area contributed by atoms with Gasteiger partial charge < -0.3 is 14.6 Å². The summed E-state index contributed by atoms with van der Waals surface area (Å²) in [5, 5.41) is 10.2. The van der Waals surface area contributed by atoms with Crippen LogP contribution in [0.15, 0.2) is 52.9 Å². The van der Waals surface area contributed by atoms with Gasteiger partial charge in [0.2, 0.25) is 5.89 Å². The third kappa shape index (κ3) is 3.40. The molecule has 24 heavy (non-hydrogen) atoms. The Balaban J connectivity index is 1.72. The molecule has 0 aliphatic heterocycles. The molecule has 0 radical (unpaired) electrons. The number of hydrogen-bond donors (Lipinski definition) is 1. The minimum atomic E-state index is -0.506. The summed E-state index contributed by atoms with van der Waals surface area (Å²) in [7, 11) is 3.87. The second-order valence-electron chi connectivity index (χ2n) is 5.31. The number of nitrogens with zero attached hydrogens (tertiary/aromatic N) is 3. The second-order valence-corrected chi connectivity index (χ2v) is 5.31. The fraction of sp³-hybridized carbons (Fsp3) is 0.118. The van der Waals surface area contributed by atoms with E-state index in [4.69, 9.17) is 4.42 Å². The molecule has 0 saturated heterocycles. The van der Waals surface area contributed by atoms with Crippen LogP contribution in [0.2, 0.25) is 0 Å². The van der Waals surface area contributed by atoms with Crippen LogP contribution >= 0.6 is 0 Å². The summed E-state index contributed by atoms with van der Waals surface area (Å²) in [6, 6.07) is 12.9. The second kappa shape index (κ2) is 6.49. The lowest BCUT2D eigenvalue weighted by atomic mass is 10.2. The van der Waals surface area contributed by atoms with E-state index in [9.17, 15) is 9.18 Å². The van der Waals surface area contributed by atoms with Crippen molar-refractivity contribution in [3.05, 3.63) is 60.2 Å². The van der Waals surface area contributed by atoms with Crippen molar-refractivity contribution in [3.63, 3.8) is 0 Å². The molecule has 6 nitrogen and oxygen atoms in total. The predicted octanol–water partition coefficient (Wildman–Crippen LogP) is 3.19. The summed E-state index contributed by atoms with van der Waals surface area (Å²) in [5.74, 6) is -0.875. The van der Waals surface area contributed by atoms with Crippen LogP contribution in [0.4, 0.5) is 15.8 Å². The van der Waals surface area contributed by atoms with Gasteiger partial charge in [-0.05, 0) is 48.5 Å². The van der Waals surface area contributed by atoms with Crippen LogP contribution in [-0.4, -0.2) is 30.2 Å². The summed E-state index contributed by atoms with van der Waals surface area (Å²) in [6.45, 7) is 0. The van der Waals surface area contributed by atoms with Crippen molar-refractivity contribution in [2.75, 3.05) is 24.3 Å². The molecule has 0 atom stereocenters. The summed E-state index contributed by atoms with van der Waals surface area (Å²) in [5.41, 5.74) is 2.18. The van der Waals surface area contributed by atoms with Gasteiger partial charge in [0.15, 0.2) is 0 Å².